The number of amides is 1. The molecule has 1 aromatic heterocycles. The minimum Gasteiger partial charge on any atom is -0.484 e. The van der Waals surface area contributed by atoms with E-state index in [9.17, 15) is 4.79 Å². The lowest BCUT2D eigenvalue weighted by atomic mass is 10.3. The zero-order chi connectivity index (χ0) is 13.5. The molecule has 100 valence electrons. The molecule has 19 heavy (non-hydrogen) atoms. The van der Waals surface area contributed by atoms with Crippen LogP contribution in [0.2, 0.25) is 5.02 Å². The summed E-state index contributed by atoms with van der Waals surface area (Å²) in [6, 6.07) is 6.84. The van der Waals surface area contributed by atoms with Gasteiger partial charge in [-0.05, 0) is 24.3 Å². The van der Waals surface area contributed by atoms with Crippen LogP contribution in [0.15, 0.2) is 41.3 Å². The molecular weight excluding hydrogens is 268 g/mol. The molecule has 6 heteroatoms. The third-order valence-electron chi connectivity index (χ3n) is 2.37. The Labute approximate surface area is 115 Å². The number of carbonyl (C=O) groups excluding carboxylic acids is 1. The van der Waals surface area contributed by atoms with Crippen molar-refractivity contribution in [3.8, 4) is 5.75 Å². The first kappa shape index (κ1) is 13.4. The number of ether oxygens (including phenoxy) is 1. The standard InChI is InChI=1S/C13H13ClN2O3/c14-10-1-3-12(4-2-10)19-8-13(17)15-6-5-11-7-18-9-16-11/h1-4,7,9H,5-6,8H2,(H,15,17). The van der Waals surface area contributed by atoms with Crippen molar-refractivity contribution in [3.63, 3.8) is 0 Å². The summed E-state index contributed by atoms with van der Waals surface area (Å²) in [5.41, 5.74) is 0.805. The summed E-state index contributed by atoms with van der Waals surface area (Å²) in [7, 11) is 0. The molecule has 0 fully saturated rings. The molecule has 0 bridgehead atoms. The Balaban J connectivity index is 1.65. The lowest BCUT2D eigenvalue weighted by Crippen LogP contribution is -2.30. The van der Waals surface area contributed by atoms with Gasteiger partial charge in [-0.1, -0.05) is 11.6 Å². The largest absolute Gasteiger partial charge is 0.484 e. The maximum Gasteiger partial charge on any atom is 0.257 e. The van der Waals surface area contributed by atoms with E-state index >= 15 is 0 Å². The van der Waals surface area contributed by atoms with E-state index < -0.39 is 0 Å². The topological polar surface area (TPSA) is 64.4 Å². The number of carbonyl (C=O) groups is 1. The summed E-state index contributed by atoms with van der Waals surface area (Å²) in [4.78, 5) is 15.5. The maximum absolute atomic E-state index is 11.5. The fraction of sp³-hybridized carbons (Fsp3) is 0.231. The second kappa shape index (κ2) is 6.80. The molecular formula is C13H13ClN2O3. The van der Waals surface area contributed by atoms with Gasteiger partial charge < -0.3 is 14.5 Å². The third kappa shape index (κ3) is 4.63. The second-order valence-corrected chi connectivity index (χ2v) is 4.26. The highest BCUT2D eigenvalue weighted by Crippen LogP contribution is 2.15. The highest BCUT2D eigenvalue weighted by atomic mass is 35.5. The molecule has 1 aromatic carbocycles. The van der Waals surface area contributed by atoms with Crippen molar-refractivity contribution in [2.75, 3.05) is 13.2 Å². The predicted octanol–water partition coefficient (Wildman–Crippen LogP) is 2.07. The molecule has 0 aliphatic heterocycles. The van der Waals surface area contributed by atoms with Gasteiger partial charge in [0.15, 0.2) is 13.0 Å². The van der Waals surface area contributed by atoms with E-state index in [0.29, 0.717) is 23.7 Å². The Hall–Kier alpha value is -2.01. The molecule has 5 nitrogen and oxygen atoms in total. The molecule has 2 aromatic rings. The SMILES string of the molecule is O=C(COc1ccc(Cl)cc1)NCCc1cocn1. The average molecular weight is 281 g/mol. The number of oxazole rings is 1. The Bertz CT molecular complexity index is 511. The van der Waals surface area contributed by atoms with Crippen molar-refractivity contribution in [2.24, 2.45) is 0 Å². The van der Waals surface area contributed by atoms with Crippen LogP contribution in [0.5, 0.6) is 5.75 Å². The van der Waals surface area contributed by atoms with Gasteiger partial charge in [0.2, 0.25) is 0 Å². The molecule has 0 aliphatic carbocycles. The molecule has 1 heterocycles. The van der Waals surface area contributed by atoms with Crippen LogP contribution < -0.4 is 10.1 Å². The Kier molecular flexibility index (Phi) is 4.80. The highest BCUT2D eigenvalue weighted by Gasteiger charge is 2.03. The lowest BCUT2D eigenvalue weighted by Gasteiger charge is -2.06. The predicted molar refractivity (Wildman–Crippen MR) is 70.2 cm³/mol. The number of rotatable bonds is 6. The van der Waals surface area contributed by atoms with Gasteiger partial charge in [0.25, 0.3) is 5.91 Å². The van der Waals surface area contributed by atoms with Crippen LogP contribution in [-0.2, 0) is 11.2 Å². The Morgan fingerprint density at radius 1 is 1.37 bits per heavy atom. The van der Waals surface area contributed by atoms with Gasteiger partial charge in [-0.2, -0.15) is 0 Å². The normalized spacial score (nSPS) is 10.2. The van der Waals surface area contributed by atoms with Crippen LogP contribution in [0.3, 0.4) is 0 Å². The third-order valence-corrected chi connectivity index (χ3v) is 2.62. The van der Waals surface area contributed by atoms with Gasteiger partial charge in [-0.3, -0.25) is 4.79 Å². The first-order valence-corrected chi connectivity index (χ1v) is 6.14. The van der Waals surface area contributed by atoms with E-state index in [1.54, 1.807) is 30.5 Å². The molecule has 1 amide bonds. The molecule has 0 radical (unpaired) electrons. The quantitative estimate of drug-likeness (QED) is 0.880. The zero-order valence-corrected chi connectivity index (χ0v) is 10.9. The number of nitrogens with one attached hydrogen (secondary N) is 1. The lowest BCUT2D eigenvalue weighted by molar-refractivity contribution is -0.123. The van der Waals surface area contributed by atoms with Crippen LogP contribution in [0.4, 0.5) is 0 Å². The van der Waals surface area contributed by atoms with Crippen molar-refractivity contribution >= 4 is 17.5 Å². The van der Waals surface area contributed by atoms with Crippen LogP contribution >= 0.6 is 11.6 Å². The molecule has 0 atom stereocenters. The molecule has 0 saturated carbocycles. The van der Waals surface area contributed by atoms with Gasteiger partial charge in [-0.15, -0.1) is 0 Å². The zero-order valence-electron chi connectivity index (χ0n) is 10.1. The fourth-order valence-corrected chi connectivity index (χ4v) is 1.55. The van der Waals surface area contributed by atoms with E-state index in [-0.39, 0.29) is 12.5 Å². The maximum atomic E-state index is 11.5. The van der Waals surface area contributed by atoms with Crippen LogP contribution in [0.25, 0.3) is 0 Å². The van der Waals surface area contributed by atoms with Gasteiger partial charge in [0.05, 0.1) is 5.69 Å². The molecule has 0 saturated heterocycles. The van der Waals surface area contributed by atoms with E-state index in [4.69, 9.17) is 20.8 Å². The van der Waals surface area contributed by atoms with E-state index in [0.717, 1.165) is 5.69 Å². The fourth-order valence-electron chi connectivity index (χ4n) is 1.42. The number of halogens is 1. The van der Waals surface area contributed by atoms with Crippen molar-refractivity contribution in [1.82, 2.24) is 10.3 Å². The monoisotopic (exact) mass is 280 g/mol. The van der Waals surface area contributed by atoms with Gasteiger partial charge in [0, 0.05) is 18.0 Å². The molecule has 1 N–H and O–H groups in total. The van der Waals surface area contributed by atoms with Crippen LogP contribution in [-0.4, -0.2) is 24.0 Å². The summed E-state index contributed by atoms with van der Waals surface area (Å²) in [5, 5.41) is 3.36. The highest BCUT2D eigenvalue weighted by molar-refractivity contribution is 6.30. The number of nitrogens with zero attached hydrogens (tertiary/aromatic N) is 1. The first-order valence-electron chi connectivity index (χ1n) is 5.76. The summed E-state index contributed by atoms with van der Waals surface area (Å²) in [6.45, 7) is 0.468. The van der Waals surface area contributed by atoms with E-state index in [1.165, 1.54) is 6.39 Å². The minimum absolute atomic E-state index is 0.0273. The van der Waals surface area contributed by atoms with Crippen LogP contribution in [0.1, 0.15) is 5.69 Å². The minimum atomic E-state index is -0.182. The van der Waals surface area contributed by atoms with Gasteiger partial charge >= 0.3 is 0 Å². The first-order chi connectivity index (χ1) is 9.24. The van der Waals surface area contributed by atoms with Crippen molar-refractivity contribution < 1.29 is 13.9 Å². The molecule has 0 aliphatic rings. The smallest absolute Gasteiger partial charge is 0.257 e. The number of aromatic nitrogens is 1. The molecule has 2 rings (SSSR count). The van der Waals surface area contributed by atoms with Gasteiger partial charge in [0.1, 0.15) is 12.0 Å². The number of hydrogen-bond donors (Lipinski definition) is 1. The second-order valence-electron chi connectivity index (χ2n) is 3.82. The van der Waals surface area contributed by atoms with Crippen molar-refractivity contribution in [3.05, 3.63) is 47.6 Å². The number of benzene rings is 1. The summed E-state index contributed by atoms with van der Waals surface area (Å²) in [6.07, 6.45) is 3.54. The Morgan fingerprint density at radius 2 is 2.16 bits per heavy atom. The average Bonchev–Trinajstić information content (AvgIpc) is 2.91. The summed E-state index contributed by atoms with van der Waals surface area (Å²) < 4.78 is 10.1. The molecule has 0 unspecified atom stereocenters. The van der Waals surface area contributed by atoms with E-state index in [1.807, 2.05) is 0 Å². The van der Waals surface area contributed by atoms with Crippen molar-refractivity contribution in [1.29, 1.82) is 0 Å². The van der Waals surface area contributed by atoms with Crippen LogP contribution in [0, 0.1) is 0 Å². The Morgan fingerprint density at radius 3 is 2.84 bits per heavy atom. The molecule has 0 spiro atoms. The van der Waals surface area contributed by atoms with Crippen molar-refractivity contribution in [2.45, 2.75) is 6.42 Å². The van der Waals surface area contributed by atoms with Gasteiger partial charge in [-0.25, -0.2) is 4.98 Å². The van der Waals surface area contributed by atoms with E-state index in [2.05, 4.69) is 10.3 Å². The summed E-state index contributed by atoms with van der Waals surface area (Å²) >= 11 is 5.74. The summed E-state index contributed by atoms with van der Waals surface area (Å²) in [5.74, 6) is 0.425. The number of hydrogen-bond acceptors (Lipinski definition) is 4.